The molecular formula is C13H21ClN4O2. The van der Waals surface area contributed by atoms with Crippen LogP contribution in [-0.2, 0) is 6.54 Å². The van der Waals surface area contributed by atoms with Crippen molar-refractivity contribution in [2.75, 3.05) is 31.6 Å². The number of anilines is 1. The van der Waals surface area contributed by atoms with Crippen molar-refractivity contribution in [3.05, 3.63) is 21.6 Å². The zero-order valence-corrected chi connectivity index (χ0v) is 12.4. The Morgan fingerprint density at radius 3 is 2.85 bits per heavy atom. The summed E-state index contributed by atoms with van der Waals surface area (Å²) >= 11 is 6.05. The lowest BCUT2D eigenvalue weighted by Crippen LogP contribution is -2.36. The van der Waals surface area contributed by atoms with Gasteiger partial charge in [-0.25, -0.2) is 4.68 Å². The monoisotopic (exact) mass is 300 g/mol. The Morgan fingerprint density at radius 2 is 2.20 bits per heavy atom. The first kappa shape index (κ1) is 15.3. The van der Waals surface area contributed by atoms with Crippen LogP contribution in [0.5, 0.6) is 0 Å². The molecule has 0 saturated carbocycles. The maximum absolute atomic E-state index is 11.9. The van der Waals surface area contributed by atoms with Gasteiger partial charge >= 0.3 is 0 Å². The summed E-state index contributed by atoms with van der Waals surface area (Å²) in [5.41, 5.74) is 0.177. The van der Waals surface area contributed by atoms with Crippen molar-refractivity contribution in [2.24, 2.45) is 0 Å². The van der Waals surface area contributed by atoms with Crippen LogP contribution in [0.3, 0.4) is 0 Å². The number of halogens is 1. The Morgan fingerprint density at radius 1 is 1.50 bits per heavy atom. The predicted octanol–water partition coefficient (Wildman–Crippen LogP) is 0.785. The minimum atomic E-state index is -0.375. The van der Waals surface area contributed by atoms with Crippen LogP contribution in [0, 0.1) is 0 Å². The molecule has 0 amide bonds. The third-order valence-electron chi connectivity index (χ3n) is 3.65. The fourth-order valence-electron chi connectivity index (χ4n) is 2.41. The molecule has 2 N–H and O–H groups in total. The van der Waals surface area contributed by atoms with Gasteiger partial charge in [0.2, 0.25) is 0 Å². The lowest BCUT2D eigenvalue weighted by molar-refractivity contribution is 0.266. The molecule has 1 saturated heterocycles. The smallest absolute Gasteiger partial charge is 0.287 e. The topological polar surface area (TPSA) is 70.4 Å². The van der Waals surface area contributed by atoms with Crippen molar-refractivity contribution < 1.29 is 5.11 Å². The molecule has 0 aliphatic carbocycles. The Balaban J connectivity index is 1.99. The summed E-state index contributed by atoms with van der Waals surface area (Å²) in [7, 11) is 0. The predicted molar refractivity (Wildman–Crippen MR) is 79.4 cm³/mol. The van der Waals surface area contributed by atoms with Gasteiger partial charge in [0.1, 0.15) is 5.02 Å². The van der Waals surface area contributed by atoms with E-state index in [1.54, 1.807) is 0 Å². The molecule has 0 bridgehead atoms. The van der Waals surface area contributed by atoms with E-state index < -0.39 is 0 Å². The summed E-state index contributed by atoms with van der Waals surface area (Å²) in [6.45, 7) is 5.17. The van der Waals surface area contributed by atoms with E-state index in [0.717, 1.165) is 24.3 Å². The van der Waals surface area contributed by atoms with Crippen LogP contribution in [-0.4, -0.2) is 52.1 Å². The first-order chi connectivity index (χ1) is 9.63. The summed E-state index contributed by atoms with van der Waals surface area (Å²) in [6.07, 6.45) is 4.05. The summed E-state index contributed by atoms with van der Waals surface area (Å²) in [4.78, 5) is 14.3. The molecule has 1 fully saturated rings. The minimum Gasteiger partial charge on any atom is -0.394 e. The Kier molecular flexibility index (Phi) is 5.39. The fraction of sp³-hybridized carbons (Fsp3) is 0.692. The largest absolute Gasteiger partial charge is 0.394 e. The van der Waals surface area contributed by atoms with E-state index in [9.17, 15) is 4.79 Å². The van der Waals surface area contributed by atoms with Gasteiger partial charge in [-0.15, -0.1) is 0 Å². The van der Waals surface area contributed by atoms with Crippen molar-refractivity contribution >= 4 is 17.3 Å². The van der Waals surface area contributed by atoms with Crippen LogP contribution < -0.4 is 10.9 Å². The molecule has 0 radical (unpaired) electrons. The second-order valence-electron chi connectivity index (χ2n) is 5.10. The van der Waals surface area contributed by atoms with Gasteiger partial charge in [-0.05, 0) is 32.9 Å². The Bertz CT molecular complexity index is 500. The van der Waals surface area contributed by atoms with Gasteiger partial charge in [0.15, 0.2) is 0 Å². The van der Waals surface area contributed by atoms with Gasteiger partial charge in [-0.2, -0.15) is 5.10 Å². The molecule has 0 spiro atoms. The van der Waals surface area contributed by atoms with Crippen molar-refractivity contribution in [1.29, 1.82) is 0 Å². The molecule has 1 aliphatic heterocycles. The normalized spacial score (nSPS) is 17.4. The van der Waals surface area contributed by atoms with Crippen LogP contribution in [0.25, 0.3) is 0 Å². The first-order valence-corrected chi connectivity index (χ1v) is 7.35. The summed E-state index contributed by atoms with van der Waals surface area (Å²) in [5, 5.41) is 16.1. The maximum Gasteiger partial charge on any atom is 0.287 e. The van der Waals surface area contributed by atoms with E-state index >= 15 is 0 Å². The number of nitrogens with zero attached hydrogens (tertiary/aromatic N) is 3. The van der Waals surface area contributed by atoms with Crippen molar-refractivity contribution in [3.63, 3.8) is 0 Å². The molecule has 112 valence electrons. The van der Waals surface area contributed by atoms with Crippen LogP contribution in [0.1, 0.15) is 19.8 Å². The lowest BCUT2D eigenvalue weighted by atomic mass is 10.3. The maximum atomic E-state index is 11.9. The Hall–Kier alpha value is -1.11. The van der Waals surface area contributed by atoms with Gasteiger partial charge in [0.05, 0.1) is 25.0 Å². The highest BCUT2D eigenvalue weighted by atomic mass is 35.5. The molecule has 1 aromatic heterocycles. The number of rotatable bonds is 6. The average Bonchev–Trinajstić information content (AvgIpc) is 2.97. The molecule has 2 heterocycles. The number of nitrogens with one attached hydrogen (secondary N) is 1. The number of hydrogen-bond acceptors (Lipinski definition) is 5. The lowest BCUT2D eigenvalue weighted by Gasteiger charge is -2.24. The number of likely N-dealkylation sites (tertiary alicyclic amines) is 1. The average molecular weight is 301 g/mol. The highest BCUT2D eigenvalue weighted by Gasteiger charge is 2.18. The second kappa shape index (κ2) is 7.06. The first-order valence-electron chi connectivity index (χ1n) is 6.98. The number of aliphatic hydroxyl groups is 1. The van der Waals surface area contributed by atoms with Gasteiger partial charge in [-0.3, -0.25) is 9.69 Å². The zero-order chi connectivity index (χ0) is 14.5. The van der Waals surface area contributed by atoms with Crippen LogP contribution in [0.15, 0.2) is 11.0 Å². The van der Waals surface area contributed by atoms with Gasteiger partial charge < -0.3 is 10.4 Å². The van der Waals surface area contributed by atoms with Crippen LogP contribution >= 0.6 is 11.6 Å². The van der Waals surface area contributed by atoms with E-state index in [0.29, 0.717) is 11.7 Å². The highest BCUT2D eigenvalue weighted by Crippen LogP contribution is 2.17. The molecule has 1 aliphatic rings. The molecule has 1 atom stereocenters. The van der Waals surface area contributed by atoms with Gasteiger partial charge in [0, 0.05) is 12.6 Å². The van der Waals surface area contributed by atoms with Crippen LogP contribution in [0.2, 0.25) is 5.02 Å². The van der Waals surface area contributed by atoms with Crippen LogP contribution in [0.4, 0.5) is 5.69 Å². The van der Waals surface area contributed by atoms with E-state index in [1.165, 1.54) is 19.0 Å². The van der Waals surface area contributed by atoms with E-state index in [4.69, 9.17) is 16.7 Å². The fourth-order valence-corrected chi connectivity index (χ4v) is 2.62. The molecule has 20 heavy (non-hydrogen) atoms. The molecule has 2 rings (SSSR count). The van der Waals surface area contributed by atoms with Crippen molar-refractivity contribution in [2.45, 2.75) is 32.4 Å². The minimum absolute atomic E-state index is 0.127. The van der Waals surface area contributed by atoms with Crippen molar-refractivity contribution in [1.82, 2.24) is 14.7 Å². The van der Waals surface area contributed by atoms with E-state index in [-0.39, 0.29) is 23.7 Å². The quantitative estimate of drug-likeness (QED) is 0.813. The Labute approximate surface area is 123 Å². The molecule has 6 nitrogen and oxygen atoms in total. The molecular weight excluding hydrogens is 280 g/mol. The SMILES string of the molecule is CC(CNc1cnn(CCO)c(=O)c1Cl)N1CCCC1. The highest BCUT2D eigenvalue weighted by molar-refractivity contribution is 6.32. The van der Waals surface area contributed by atoms with E-state index in [2.05, 4.69) is 22.2 Å². The molecule has 7 heteroatoms. The van der Waals surface area contributed by atoms with Crippen molar-refractivity contribution in [3.8, 4) is 0 Å². The standard InChI is InChI=1S/C13H21ClN4O2/c1-10(17-4-2-3-5-17)8-15-11-9-16-18(6-7-19)13(20)12(11)14/h9-10,15,19H,2-8H2,1H3. The second-order valence-corrected chi connectivity index (χ2v) is 5.48. The molecule has 0 aromatic carbocycles. The van der Waals surface area contributed by atoms with E-state index in [1.807, 2.05) is 0 Å². The van der Waals surface area contributed by atoms with Gasteiger partial charge in [0.25, 0.3) is 5.56 Å². The van der Waals surface area contributed by atoms with Gasteiger partial charge in [-0.1, -0.05) is 11.6 Å². The summed E-state index contributed by atoms with van der Waals surface area (Å²) < 4.78 is 1.16. The number of hydrogen-bond donors (Lipinski definition) is 2. The summed E-state index contributed by atoms with van der Waals surface area (Å²) in [6, 6.07) is 0.397. The number of aliphatic hydroxyl groups excluding tert-OH is 1. The third kappa shape index (κ3) is 3.50. The third-order valence-corrected chi connectivity index (χ3v) is 4.01. The number of aromatic nitrogens is 2. The molecule has 1 aromatic rings. The summed E-state index contributed by atoms with van der Waals surface area (Å²) in [5.74, 6) is 0. The molecule has 1 unspecified atom stereocenters. The zero-order valence-electron chi connectivity index (χ0n) is 11.7.